The van der Waals surface area contributed by atoms with Gasteiger partial charge in [0.2, 0.25) is 0 Å². The van der Waals surface area contributed by atoms with Crippen LogP contribution in [-0.4, -0.2) is 6.61 Å². The average Bonchev–Trinajstić information content (AvgIpc) is 2.18. The molecule has 0 radical (unpaired) electrons. The van der Waals surface area contributed by atoms with E-state index in [1.807, 2.05) is 19.1 Å². The van der Waals surface area contributed by atoms with Gasteiger partial charge in [0, 0.05) is 11.4 Å². The van der Waals surface area contributed by atoms with Crippen LogP contribution in [0.1, 0.15) is 18.4 Å². The molecular formula is C11H12ClNO. The molecule has 3 heteroatoms. The van der Waals surface area contributed by atoms with Gasteiger partial charge in [-0.1, -0.05) is 17.7 Å². The van der Waals surface area contributed by atoms with Crippen LogP contribution in [0.15, 0.2) is 18.2 Å². The van der Waals surface area contributed by atoms with Gasteiger partial charge in [-0.3, -0.25) is 0 Å². The predicted octanol–water partition coefficient (Wildman–Crippen LogP) is 3.33. The molecule has 0 spiro atoms. The van der Waals surface area contributed by atoms with Crippen LogP contribution in [0.4, 0.5) is 0 Å². The van der Waals surface area contributed by atoms with E-state index in [4.69, 9.17) is 21.6 Å². The molecular weight excluding hydrogens is 198 g/mol. The van der Waals surface area contributed by atoms with Crippen LogP contribution >= 0.6 is 11.6 Å². The summed E-state index contributed by atoms with van der Waals surface area (Å²) in [4.78, 5) is 0. The van der Waals surface area contributed by atoms with Gasteiger partial charge in [0.1, 0.15) is 5.75 Å². The molecule has 0 heterocycles. The third kappa shape index (κ3) is 3.27. The molecule has 0 atom stereocenters. The van der Waals surface area contributed by atoms with Crippen molar-refractivity contribution in [3.05, 3.63) is 28.8 Å². The number of hydrogen-bond donors (Lipinski definition) is 0. The van der Waals surface area contributed by atoms with E-state index in [9.17, 15) is 0 Å². The molecule has 1 rings (SSSR count). The van der Waals surface area contributed by atoms with Gasteiger partial charge in [0.15, 0.2) is 0 Å². The van der Waals surface area contributed by atoms with Crippen molar-refractivity contribution in [3.8, 4) is 11.8 Å². The van der Waals surface area contributed by atoms with Crippen LogP contribution < -0.4 is 4.74 Å². The van der Waals surface area contributed by atoms with Gasteiger partial charge in [-0.25, -0.2) is 0 Å². The normalized spacial score (nSPS) is 9.50. The zero-order valence-corrected chi connectivity index (χ0v) is 8.84. The number of unbranched alkanes of at least 4 members (excludes halogenated alkanes) is 1. The molecule has 0 saturated heterocycles. The summed E-state index contributed by atoms with van der Waals surface area (Å²) in [5.74, 6) is 0.801. The van der Waals surface area contributed by atoms with Gasteiger partial charge < -0.3 is 4.74 Å². The van der Waals surface area contributed by atoms with Crippen molar-refractivity contribution in [3.63, 3.8) is 0 Å². The fourth-order valence-electron chi connectivity index (χ4n) is 1.06. The highest BCUT2D eigenvalue weighted by Crippen LogP contribution is 2.22. The summed E-state index contributed by atoms with van der Waals surface area (Å²) >= 11 is 5.82. The maximum absolute atomic E-state index is 8.34. The highest BCUT2D eigenvalue weighted by Gasteiger charge is 1.99. The second kappa shape index (κ2) is 5.51. The van der Waals surface area contributed by atoms with Crippen LogP contribution in [0.2, 0.25) is 5.02 Å². The van der Waals surface area contributed by atoms with Crippen molar-refractivity contribution in [2.75, 3.05) is 6.61 Å². The first-order chi connectivity index (χ1) is 6.74. The van der Waals surface area contributed by atoms with Crippen LogP contribution in [0.3, 0.4) is 0 Å². The Kier molecular flexibility index (Phi) is 4.28. The molecule has 0 N–H and O–H groups in total. The average molecular weight is 210 g/mol. The third-order valence-electron chi connectivity index (χ3n) is 1.84. The van der Waals surface area contributed by atoms with Crippen LogP contribution in [-0.2, 0) is 0 Å². The number of aryl methyl sites for hydroxylation is 1. The zero-order chi connectivity index (χ0) is 10.4. The summed E-state index contributed by atoms with van der Waals surface area (Å²) in [5, 5.41) is 9.01. The Hall–Kier alpha value is -1.20. The van der Waals surface area contributed by atoms with Crippen LogP contribution in [0.5, 0.6) is 5.75 Å². The first-order valence-corrected chi connectivity index (χ1v) is 4.87. The summed E-state index contributed by atoms with van der Waals surface area (Å²) in [6.45, 7) is 2.53. The Labute approximate surface area is 89.1 Å². The lowest BCUT2D eigenvalue weighted by atomic mass is 10.2. The molecule has 0 aliphatic heterocycles. The van der Waals surface area contributed by atoms with Gasteiger partial charge >= 0.3 is 0 Å². The highest BCUT2D eigenvalue weighted by molar-refractivity contribution is 6.30. The second-order valence-corrected chi connectivity index (χ2v) is 3.46. The molecule has 1 aromatic carbocycles. The minimum Gasteiger partial charge on any atom is -0.493 e. The van der Waals surface area contributed by atoms with Crippen LogP contribution in [0.25, 0.3) is 0 Å². The molecule has 0 aromatic heterocycles. The maximum Gasteiger partial charge on any atom is 0.123 e. The van der Waals surface area contributed by atoms with E-state index in [0.29, 0.717) is 18.1 Å². The second-order valence-electron chi connectivity index (χ2n) is 3.02. The summed E-state index contributed by atoms with van der Waals surface area (Å²) in [6, 6.07) is 7.62. The fraction of sp³-hybridized carbons (Fsp3) is 0.364. The first-order valence-electron chi connectivity index (χ1n) is 4.50. The number of benzene rings is 1. The van der Waals surface area contributed by atoms with Gasteiger partial charge in [-0.2, -0.15) is 5.26 Å². The Morgan fingerprint density at radius 1 is 1.50 bits per heavy atom. The van der Waals surface area contributed by atoms with E-state index < -0.39 is 0 Å². The molecule has 0 fully saturated rings. The molecule has 0 amide bonds. The largest absolute Gasteiger partial charge is 0.493 e. The molecule has 0 saturated carbocycles. The summed E-state index contributed by atoms with van der Waals surface area (Å²) in [5.41, 5.74) is 1.06. The zero-order valence-electron chi connectivity index (χ0n) is 8.09. The molecule has 74 valence electrons. The van der Waals surface area contributed by atoms with Crippen molar-refractivity contribution in [1.82, 2.24) is 0 Å². The van der Waals surface area contributed by atoms with E-state index in [1.54, 1.807) is 6.07 Å². The monoisotopic (exact) mass is 209 g/mol. The Morgan fingerprint density at radius 2 is 2.29 bits per heavy atom. The van der Waals surface area contributed by atoms with E-state index in [0.717, 1.165) is 17.7 Å². The first kappa shape index (κ1) is 10.9. The minimum atomic E-state index is 0.527. The highest BCUT2D eigenvalue weighted by atomic mass is 35.5. The number of halogens is 1. The van der Waals surface area contributed by atoms with Crippen molar-refractivity contribution in [2.24, 2.45) is 0 Å². The van der Waals surface area contributed by atoms with E-state index in [-0.39, 0.29) is 0 Å². The number of rotatable bonds is 4. The summed E-state index contributed by atoms with van der Waals surface area (Å²) in [7, 11) is 0. The molecule has 14 heavy (non-hydrogen) atoms. The van der Waals surface area contributed by atoms with Gasteiger partial charge in [0.25, 0.3) is 0 Å². The van der Waals surface area contributed by atoms with Crippen molar-refractivity contribution in [1.29, 1.82) is 5.26 Å². The topological polar surface area (TPSA) is 33.0 Å². The number of ether oxygens (including phenoxy) is 1. The fourth-order valence-corrected chi connectivity index (χ4v) is 1.22. The Bertz CT molecular complexity index is 344. The quantitative estimate of drug-likeness (QED) is 0.713. The lowest BCUT2D eigenvalue weighted by molar-refractivity contribution is 0.310. The van der Waals surface area contributed by atoms with E-state index in [2.05, 4.69) is 6.07 Å². The Morgan fingerprint density at radius 3 is 3.00 bits per heavy atom. The van der Waals surface area contributed by atoms with Gasteiger partial charge in [0.05, 0.1) is 12.7 Å². The number of nitrogens with zero attached hydrogens (tertiary/aromatic N) is 1. The summed E-state index contributed by atoms with van der Waals surface area (Å²) < 4.78 is 5.48. The SMILES string of the molecule is Cc1ccc(Cl)cc1OCCCC#N. The molecule has 2 nitrogen and oxygen atoms in total. The Balaban J connectivity index is 2.50. The lowest BCUT2D eigenvalue weighted by Crippen LogP contribution is -1.98. The van der Waals surface area contributed by atoms with E-state index in [1.165, 1.54) is 0 Å². The van der Waals surface area contributed by atoms with Crippen molar-refractivity contribution < 1.29 is 4.74 Å². The predicted molar refractivity (Wildman–Crippen MR) is 56.5 cm³/mol. The molecule has 0 bridgehead atoms. The molecule has 0 unspecified atom stereocenters. The lowest BCUT2D eigenvalue weighted by Gasteiger charge is -2.07. The molecule has 1 aromatic rings. The molecule has 0 aliphatic carbocycles. The molecule has 0 aliphatic rings. The van der Waals surface area contributed by atoms with E-state index >= 15 is 0 Å². The number of nitriles is 1. The minimum absolute atomic E-state index is 0.527. The summed E-state index contributed by atoms with van der Waals surface area (Å²) in [6.07, 6.45) is 1.28. The van der Waals surface area contributed by atoms with Crippen molar-refractivity contribution in [2.45, 2.75) is 19.8 Å². The van der Waals surface area contributed by atoms with Gasteiger partial charge in [-0.15, -0.1) is 0 Å². The third-order valence-corrected chi connectivity index (χ3v) is 2.08. The van der Waals surface area contributed by atoms with Crippen molar-refractivity contribution >= 4 is 11.6 Å². The standard InChI is InChI=1S/C11H12ClNO/c1-9-4-5-10(12)8-11(9)14-7-3-2-6-13/h4-5,8H,2-3,7H2,1H3. The van der Waals surface area contributed by atoms with Crippen LogP contribution in [0, 0.1) is 18.3 Å². The van der Waals surface area contributed by atoms with Gasteiger partial charge in [-0.05, 0) is 31.0 Å². The number of hydrogen-bond acceptors (Lipinski definition) is 2. The smallest absolute Gasteiger partial charge is 0.123 e. The maximum atomic E-state index is 8.34.